The Morgan fingerprint density at radius 3 is 2.75 bits per heavy atom. The van der Waals surface area contributed by atoms with Crippen LogP contribution in [0.25, 0.3) is 0 Å². The van der Waals surface area contributed by atoms with Crippen LogP contribution in [-0.2, 0) is 4.79 Å². The number of rotatable bonds is 4. The zero-order valence-electron chi connectivity index (χ0n) is 11.3. The van der Waals surface area contributed by atoms with Crippen LogP contribution in [0.1, 0.15) is 12.5 Å². The van der Waals surface area contributed by atoms with Gasteiger partial charge in [-0.05, 0) is 37.6 Å². The molecule has 0 fully saturated rings. The van der Waals surface area contributed by atoms with Crippen molar-refractivity contribution in [3.8, 4) is 5.75 Å². The molecule has 1 aromatic carbocycles. The number of nitrogens with zero attached hydrogens (tertiary/aromatic N) is 1. The Kier molecular flexibility index (Phi) is 4.58. The molecule has 1 amide bonds. The number of hydrogen-bond acceptors (Lipinski definition) is 3. The molecule has 1 N–H and O–H groups in total. The number of anilines is 1. The van der Waals surface area contributed by atoms with E-state index < -0.39 is 6.10 Å². The van der Waals surface area contributed by atoms with Gasteiger partial charge in [-0.1, -0.05) is 29.8 Å². The summed E-state index contributed by atoms with van der Waals surface area (Å²) in [6, 6.07) is 10.9. The number of ether oxygens (including phenoxy) is 1. The van der Waals surface area contributed by atoms with Gasteiger partial charge in [-0.3, -0.25) is 4.79 Å². The van der Waals surface area contributed by atoms with E-state index in [0.29, 0.717) is 11.4 Å². The number of carbonyl (C=O) groups excluding carboxylic acids is 1. The van der Waals surface area contributed by atoms with Crippen molar-refractivity contribution in [1.29, 1.82) is 0 Å². The van der Waals surface area contributed by atoms with Gasteiger partial charge >= 0.3 is 0 Å². The third-order valence-corrected chi connectivity index (χ3v) is 3.08. The summed E-state index contributed by atoms with van der Waals surface area (Å²) < 4.78 is 5.64. The average Bonchev–Trinajstić information content (AvgIpc) is 2.43. The number of nitrogens with one attached hydrogen (secondary N) is 1. The largest absolute Gasteiger partial charge is 0.481 e. The van der Waals surface area contributed by atoms with Crippen LogP contribution in [-0.4, -0.2) is 17.0 Å². The molecule has 2 aromatic rings. The monoisotopic (exact) mass is 290 g/mol. The molecule has 0 bridgehead atoms. The molecule has 0 aliphatic heterocycles. The van der Waals surface area contributed by atoms with Crippen LogP contribution in [0.2, 0.25) is 5.15 Å². The second-order valence-electron chi connectivity index (χ2n) is 4.36. The van der Waals surface area contributed by atoms with Gasteiger partial charge < -0.3 is 10.1 Å². The summed E-state index contributed by atoms with van der Waals surface area (Å²) in [4.78, 5) is 16.0. The van der Waals surface area contributed by atoms with Crippen LogP contribution in [0, 0.1) is 6.92 Å². The van der Waals surface area contributed by atoms with Crippen molar-refractivity contribution >= 4 is 23.2 Å². The average molecular weight is 291 g/mol. The van der Waals surface area contributed by atoms with Crippen molar-refractivity contribution in [1.82, 2.24) is 4.98 Å². The first-order valence-corrected chi connectivity index (χ1v) is 6.59. The van der Waals surface area contributed by atoms with E-state index in [9.17, 15) is 4.79 Å². The molecule has 5 heteroatoms. The molecule has 0 spiro atoms. The fourth-order valence-corrected chi connectivity index (χ4v) is 1.81. The molecule has 0 radical (unpaired) electrons. The summed E-state index contributed by atoms with van der Waals surface area (Å²) >= 11 is 5.89. The van der Waals surface area contributed by atoms with Crippen LogP contribution < -0.4 is 10.1 Å². The van der Waals surface area contributed by atoms with E-state index in [4.69, 9.17) is 16.3 Å². The van der Waals surface area contributed by atoms with E-state index in [0.717, 1.165) is 5.56 Å². The molecule has 0 aliphatic carbocycles. The fraction of sp³-hybridized carbons (Fsp3) is 0.200. The van der Waals surface area contributed by atoms with Gasteiger partial charge in [0.2, 0.25) is 0 Å². The van der Waals surface area contributed by atoms with Gasteiger partial charge in [0.1, 0.15) is 5.75 Å². The zero-order valence-corrected chi connectivity index (χ0v) is 12.0. The van der Waals surface area contributed by atoms with Crippen LogP contribution in [0.3, 0.4) is 0 Å². The highest BCUT2D eigenvalue weighted by Crippen LogP contribution is 2.20. The van der Waals surface area contributed by atoms with Gasteiger partial charge in [0.15, 0.2) is 11.3 Å². The summed E-state index contributed by atoms with van der Waals surface area (Å²) in [5.41, 5.74) is 1.45. The minimum atomic E-state index is -0.632. The Balaban J connectivity index is 2.03. The smallest absolute Gasteiger partial charge is 0.265 e. The predicted octanol–water partition coefficient (Wildman–Crippen LogP) is 3.45. The van der Waals surface area contributed by atoms with E-state index in [2.05, 4.69) is 10.3 Å². The summed E-state index contributed by atoms with van der Waals surface area (Å²) in [5.74, 6) is 0.413. The Labute approximate surface area is 122 Å². The van der Waals surface area contributed by atoms with Crippen molar-refractivity contribution < 1.29 is 9.53 Å². The number of amides is 1. The zero-order chi connectivity index (χ0) is 14.5. The Bertz CT molecular complexity index is 616. The highest BCUT2D eigenvalue weighted by molar-refractivity contribution is 6.32. The summed E-state index contributed by atoms with van der Waals surface area (Å²) in [6.07, 6.45) is 0.929. The van der Waals surface area contributed by atoms with E-state index in [1.807, 2.05) is 31.2 Å². The number of halogens is 1. The minimum absolute atomic E-state index is 0.254. The molecule has 1 aromatic heterocycles. The maximum absolute atomic E-state index is 12.1. The van der Waals surface area contributed by atoms with Crippen molar-refractivity contribution in [3.63, 3.8) is 0 Å². The normalized spacial score (nSPS) is 11.8. The lowest BCUT2D eigenvalue weighted by Gasteiger charge is -2.16. The van der Waals surface area contributed by atoms with Gasteiger partial charge in [0.25, 0.3) is 5.91 Å². The van der Waals surface area contributed by atoms with E-state index in [1.54, 1.807) is 25.3 Å². The Morgan fingerprint density at radius 1 is 1.30 bits per heavy atom. The van der Waals surface area contributed by atoms with E-state index >= 15 is 0 Å². The lowest BCUT2D eigenvalue weighted by Crippen LogP contribution is -2.30. The fourth-order valence-electron chi connectivity index (χ4n) is 1.65. The maximum atomic E-state index is 12.1. The predicted molar refractivity (Wildman–Crippen MR) is 79.1 cm³/mol. The van der Waals surface area contributed by atoms with Gasteiger partial charge in [-0.2, -0.15) is 0 Å². The second kappa shape index (κ2) is 6.39. The van der Waals surface area contributed by atoms with E-state index in [1.165, 1.54) is 0 Å². The molecule has 1 heterocycles. The highest BCUT2D eigenvalue weighted by atomic mass is 35.5. The number of pyridine rings is 1. The second-order valence-corrected chi connectivity index (χ2v) is 4.71. The van der Waals surface area contributed by atoms with Crippen LogP contribution in [0.5, 0.6) is 5.75 Å². The molecule has 1 atom stereocenters. The number of aromatic nitrogens is 1. The third-order valence-electron chi connectivity index (χ3n) is 2.78. The van der Waals surface area contributed by atoms with E-state index in [-0.39, 0.29) is 11.1 Å². The molecule has 0 aliphatic rings. The topological polar surface area (TPSA) is 51.2 Å². The van der Waals surface area contributed by atoms with Crippen LogP contribution in [0.4, 0.5) is 5.69 Å². The van der Waals surface area contributed by atoms with Crippen molar-refractivity contribution in [3.05, 3.63) is 53.3 Å². The molecule has 0 saturated heterocycles. The van der Waals surface area contributed by atoms with Gasteiger partial charge in [-0.25, -0.2) is 4.98 Å². The molecular weight excluding hydrogens is 276 g/mol. The molecule has 2 rings (SSSR count). The van der Waals surface area contributed by atoms with Crippen LogP contribution >= 0.6 is 11.6 Å². The lowest BCUT2D eigenvalue weighted by atomic mass is 10.2. The SMILES string of the molecule is Cc1ccccc1O[C@@H](C)C(=O)Nc1cccnc1Cl. The molecule has 20 heavy (non-hydrogen) atoms. The van der Waals surface area contributed by atoms with Crippen LogP contribution in [0.15, 0.2) is 42.6 Å². The number of hydrogen-bond donors (Lipinski definition) is 1. The number of para-hydroxylation sites is 1. The first-order chi connectivity index (χ1) is 9.58. The number of benzene rings is 1. The molecule has 104 valence electrons. The minimum Gasteiger partial charge on any atom is -0.481 e. The highest BCUT2D eigenvalue weighted by Gasteiger charge is 2.16. The summed E-state index contributed by atoms with van der Waals surface area (Å²) in [5, 5.41) is 2.94. The van der Waals surface area contributed by atoms with Crippen molar-refractivity contribution in [2.24, 2.45) is 0 Å². The Hall–Kier alpha value is -2.07. The van der Waals surface area contributed by atoms with Gasteiger partial charge in [0, 0.05) is 6.20 Å². The van der Waals surface area contributed by atoms with Crippen molar-refractivity contribution in [2.45, 2.75) is 20.0 Å². The van der Waals surface area contributed by atoms with Gasteiger partial charge in [0.05, 0.1) is 5.69 Å². The molecule has 4 nitrogen and oxygen atoms in total. The first-order valence-electron chi connectivity index (χ1n) is 6.21. The number of aryl methyl sites for hydroxylation is 1. The van der Waals surface area contributed by atoms with Gasteiger partial charge in [-0.15, -0.1) is 0 Å². The first kappa shape index (κ1) is 14.3. The number of carbonyl (C=O) groups is 1. The molecule has 0 saturated carbocycles. The molecule has 0 unspecified atom stereocenters. The lowest BCUT2D eigenvalue weighted by molar-refractivity contribution is -0.122. The maximum Gasteiger partial charge on any atom is 0.265 e. The van der Waals surface area contributed by atoms with Crippen molar-refractivity contribution in [2.75, 3.05) is 5.32 Å². The quantitative estimate of drug-likeness (QED) is 0.878. The summed E-state index contributed by atoms with van der Waals surface area (Å²) in [6.45, 7) is 3.62. The standard InChI is InChI=1S/C15H15ClN2O2/c1-10-6-3-4-8-13(10)20-11(2)15(19)18-12-7-5-9-17-14(12)16/h3-9,11H,1-2H3,(H,18,19)/t11-/m0/s1. The molecular formula is C15H15ClN2O2. The third kappa shape index (κ3) is 3.48. The Morgan fingerprint density at radius 2 is 2.05 bits per heavy atom. The summed E-state index contributed by atoms with van der Waals surface area (Å²) in [7, 11) is 0.